The Bertz CT molecular complexity index is 656. The van der Waals surface area contributed by atoms with Gasteiger partial charge in [-0.15, -0.1) is 0 Å². The lowest BCUT2D eigenvalue weighted by molar-refractivity contribution is -0.135. The molecule has 0 aliphatic carbocycles. The minimum absolute atomic E-state index is 0.0472. The number of carboxylic acids is 1. The summed E-state index contributed by atoms with van der Waals surface area (Å²) in [5.41, 5.74) is 1.52. The van der Waals surface area contributed by atoms with Crippen molar-refractivity contribution in [2.75, 3.05) is 18.0 Å². The average molecular weight is 314 g/mol. The van der Waals surface area contributed by atoms with Crippen LogP contribution in [0.2, 0.25) is 0 Å². The second kappa shape index (κ2) is 7.84. The first-order valence-electron chi connectivity index (χ1n) is 7.11. The summed E-state index contributed by atoms with van der Waals surface area (Å²) in [6.45, 7) is 0.0137. The fraction of sp³-hybridized carbons (Fsp3) is 0.176. The van der Waals surface area contributed by atoms with Gasteiger partial charge in [0.2, 0.25) is 5.91 Å². The van der Waals surface area contributed by atoms with Gasteiger partial charge >= 0.3 is 5.97 Å². The Hall–Kier alpha value is -3.02. The molecule has 0 aliphatic heterocycles. The predicted octanol–water partition coefficient (Wildman–Crippen LogP) is 1.60. The van der Waals surface area contributed by atoms with Gasteiger partial charge in [-0.1, -0.05) is 30.3 Å². The summed E-state index contributed by atoms with van der Waals surface area (Å²) in [4.78, 5) is 24.5. The lowest BCUT2D eigenvalue weighted by Gasteiger charge is -2.22. The SMILES string of the molecule is O=C(O)CN(CC(=O)NCc1ccc(O)cc1)c1ccccc1. The number of carbonyl (C=O) groups is 2. The number of aliphatic carboxylic acids is 1. The third-order valence-electron chi connectivity index (χ3n) is 3.21. The topological polar surface area (TPSA) is 89.9 Å². The van der Waals surface area contributed by atoms with E-state index in [1.165, 1.54) is 4.90 Å². The summed E-state index contributed by atoms with van der Waals surface area (Å²) < 4.78 is 0. The molecule has 0 radical (unpaired) electrons. The van der Waals surface area contributed by atoms with Crippen molar-refractivity contribution in [1.29, 1.82) is 0 Å². The van der Waals surface area contributed by atoms with Crippen molar-refractivity contribution in [3.8, 4) is 5.75 Å². The minimum Gasteiger partial charge on any atom is -0.508 e. The van der Waals surface area contributed by atoms with Crippen LogP contribution in [0.4, 0.5) is 5.69 Å². The van der Waals surface area contributed by atoms with E-state index in [0.29, 0.717) is 12.2 Å². The number of phenols is 1. The van der Waals surface area contributed by atoms with Crippen LogP contribution in [0.1, 0.15) is 5.56 Å². The molecule has 6 nitrogen and oxygen atoms in total. The van der Waals surface area contributed by atoms with E-state index in [2.05, 4.69) is 5.32 Å². The van der Waals surface area contributed by atoms with Crippen LogP contribution in [-0.2, 0) is 16.1 Å². The van der Waals surface area contributed by atoms with Crippen LogP contribution >= 0.6 is 0 Å². The molecule has 0 aliphatic rings. The number of phenolic OH excluding ortho intramolecular Hbond substituents is 1. The van der Waals surface area contributed by atoms with Gasteiger partial charge in [0.1, 0.15) is 12.3 Å². The molecular weight excluding hydrogens is 296 g/mol. The normalized spacial score (nSPS) is 10.1. The highest BCUT2D eigenvalue weighted by Crippen LogP contribution is 2.13. The van der Waals surface area contributed by atoms with Crippen LogP contribution in [0.5, 0.6) is 5.75 Å². The van der Waals surface area contributed by atoms with E-state index in [0.717, 1.165) is 5.56 Å². The Morgan fingerprint density at radius 2 is 1.61 bits per heavy atom. The first-order valence-corrected chi connectivity index (χ1v) is 7.11. The molecule has 0 unspecified atom stereocenters. The van der Waals surface area contributed by atoms with E-state index in [4.69, 9.17) is 5.11 Å². The van der Waals surface area contributed by atoms with E-state index in [-0.39, 0.29) is 24.7 Å². The molecule has 0 saturated heterocycles. The minimum atomic E-state index is -1.000. The first kappa shape index (κ1) is 16.4. The van der Waals surface area contributed by atoms with Gasteiger partial charge in [-0.3, -0.25) is 9.59 Å². The van der Waals surface area contributed by atoms with Gasteiger partial charge in [-0.05, 0) is 29.8 Å². The number of amides is 1. The molecule has 2 rings (SSSR count). The number of carbonyl (C=O) groups excluding carboxylic acids is 1. The second-order valence-corrected chi connectivity index (χ2v) is 5.03. The van der Waals surface area contributed by atoms with Crippen LogP contribution < -0.4 is 10.2 Å². The number of carboxylic acid groups (broad SMARTS) is 1. The smallest absolute Gasteiger partial charge is 0.323 e. The van der Waals surface area contributed by atoms with E-state index in [1.807, 2.05) is 6.07 Å². The summed E-state index contributed by atoms with van der Waals surface area (Å²) in [6, 6.07) is 15.4. The van der Waals surface area contributed by atoms with Crippen molar-refractivity contribution in [3.05, 3.63) is 60.2 Å². The number of hydrogen-bond acceptors (Lipinski definition) is 4. The molecule has 0 heterocycles. The molecule has 0 aromatic heterocycles. The molecule has 0 spiro atoms. The largest absolute Gasteiger partial charge is 0.508 e. The van der Waals surface area contributed by atoms with Crippen LogP contribution in [0.15, 0.2) is 54.6 Å². The summed E-state index contributed by atoms with van der Waals surface area (Å²) >= 11 is 0. The third-order valence-corrected chi connectivity index (χ3v) is 3.21. The first-order chi connectivity index (χ1) is 11.0. The molecule has 3 N–H and O–H groups in total. The number of nitrogens with zero attached hydrogens (tertiary/aromatic N) is 1. The molecule has 2 aromatic carbocycles. The maximum Gasteiger partial charge on any atom is 0.323 e. The lowest BCUT2D eigenvalue weighted by atomic mass is 10.2. The van der Waals surface area contributed by atoms with E-state index in [1.54, 1.807) is 48.5 Å². The van der Waals surface area contributed by atoms with E-state index in [9.17, 15) is 14.7 Å². The molecule has 1 amide bonds. The highest BCUT2D eigenvalue weighted by Gasteiger charge is 2.14. The maximum atomic E-state index is 12.1. The molecule has 120 valence electrons. The van der Waals surface area contributed by atoms with Crippen molar-refractivity contribution >= 4 is 17.6 Å². The van der Waals surface area contributed by atoms with Gasteiger partial charge in [0, 0.05) is 12.2 Å². The quantitative estimate of drug-likeness (QED) is 0.722. The van der Waals surface area contributed by atoms with Gasteiger partial charge < -0.3 is 20.4 Å². The number of benzene rings is 2. The Morgan fingerprint density at radius 1 is 0.957 bits per heavy atom. The van der Waals surface area contributed by atoms with Gasteiger partial charge in [0.15, 0.2) is 0 Å². The molecule has 0 saturated carbocycles. The highest BCUT2D eigenvalue weighted by molar-refractivity contribution is 5.84. The number of hydrogen-bond donors (Lipinski definition) is 3. The van der Waals surface area contributed by atoms with Crippen LogP contribution in [0.25, 0.3) is 0 Å². The van der Waals surface area contributed by atoms with E-state index >= 15 is 0 Å². The van der Waals surface area contributed by atoms with Crippen LogP contribution in [-0.4, -0.2) is 35.2 Å². The molecule has 2 aromatic rings. The van der Waals surface area contributed by atoms with Crippen molar-refractivity contribution < 1.29 is 19.8 Å². The van der Waals surface area contributed by atoms with Crippen LogP contribution in [0, 0.1) is 0 Å². The molecular formula is C17H18N2O4. The Morgan fingerprint density at radius 3 is 2.22 bits per heavy atom. The van der Waals surface area contributed by atoms with Gasteiger partial charge in [0.05, 0.1) is 6.54 Å². The molecule has 6 heteroatoms. The second-order valence-electron chi connectivity index (χ2n) is 5.03. The zero-order chi connectivity index (χ0) is 16.7. The Balaban J connectivity index is 1.94. The molecule has 23 heavy (non-hydrogen) atoms. The Kier molecular flexibility index (Phi) is 5.57. The predicted molar refractivity (Wildman–Crippen MR) is 86.2 cm³/mol. The standard InChI is InChI=1S/C17H18N2O4/c20-15-8-6-13(7-9-15)10-18-16(21)11-19(12-17(22)23)14-4-2-1-3-5-14/h1-9,20H,10-12H2,(H,18,21)(H,22,23). The number of nitrogens with one attached hydrogen (secondary N) is 1. The Labute approximate surface area is 134 Å². The summed E-state index contributed by atoms with van der Waals surface area (Å²) in [7, 11) is 0. The van der Waals surface area contributed by atoms with Crippen molar-refractivity contribution in [1.82, 2.24) is 5.32 Å². The zero-order valence-corrected chi connectivity index (χ0v) is 12.5. The summed E-state index contributed by atoms with van der Waals surface area (Å²) in [5.74, 6) is -1.11. The molecule has 0 bridgehead atoms. The molecule has 0 atom stereocenters. The van der Waals surface area contributed by atoms with Gasteiger partial charge in [0.25, 0.3) is 0 Å². The third kappa shape index (κ3) is 5.35. The van der Waals surface area contributed by atoms with Crippen molar-refractivity contribution in [2.45, 2.75) is 6.54 Å². The zero-order valence-electron chi connectivity index (χ0n) is 12.5. The fourth-order valence-corrected chi connectivity index (χ4v) is 2.08. The van der Waals surface area contributed by atoms with Crippen LogP contribution in [0.3, 0.4) is 0 Å². The average Bonchev–Trinajstić information content (AvgIpc) is 2.54. The molecule has 0 fully saturated rings. The van der Waals surface area contributed by atoms with Crippen molar-refractivity contribution in [3.63, 3.8) is 0 Å². The lowest BCUT2D eigenvalue weighted by Crippen LogP contribution is -2.39. The van der Waals surface area contributed by atoms with E-state index < -0.39 is 5.97 Å². The maximum absolute atomic E-state index is 12.1. The number of para-hydroxylation sites is 1. The fourth-order valence-electron chi connectivity index (χ4n) is 2.08. The summed E-state index contributed by atoms with van der Waals surface area (Å²) in [6.07, 6.45) is 0. The number of rotatable bonds is 7. The number of aromatic hydroxyl groups is 1. The van der Waals surface area contributed by atoms with Gasteiger partial charge in [-0.2, -0.15) is 0 Å². The van der Waals surface area contributed by atoms with Crippen molar-refractivity contribution in [2.24, 2.45) is 0 Å². The highest BCUT2D eigenvalue weighted by atomic mass is 16.4. The van der Waals surface area contributed by atoms with Gasteiger partial charge in [-0.25, -0.2) is 0 Å². The summed E-state index contributed by atoms with van der Waals surface area (Å²) in [5, 5.41) is 20.9. The number of anilines is 1. The monoisotopic (exact) mass is 314 g/mol.